The second kappa shape index (κ2) is 10.2. The van der Waals surface area contributed by atoms with Gasteiger partial charge in [-0.25, -0.2) is 4.79 Å². The number of methoxy groups -OCH3 is 1. The molecule has 0 radical (unpaired) electrons. The molecule has 0 fully saturated rings. The van der Waals surface area contributed by atoms with Gasteiger partial charge in [-0.05, 0) is 43.9 Å². The summed E-state index contributed by atoms with van der Waals surface area (Å²) in [5, 5.41) is 21.8. The highest BCUT2D eigenvalue weighted by molar-refractivity contribution is 9.10. The number of hydrogen-bond acceptors (Lipinski definition) is 4. The summed E-state index contributed by atoms with van der Waals surface area (Å²) in [5.74, 6) is 0. The van der Waals surface area contributed by atoms with Crippen LogP contribution < -0.4 is 0 Å². The first kappa shape index (κ1) is 23.4. The molecule has 0 heterocycles. The van der Waals surface area contributed by atoms with Crippen LogP contribution in [0.1, 0.15) is 37.8 Å². The minimum atomic E-state index is -1.26. The first-order valence-corrected chi connectivity index (χ1v) is 10.5. The zero-order valence-corrected chi connectivity index (χ0v) is 18.9. The fourth-order valence-electron chi connectivity index (χ4n) is 3.50. The van der Waals surface area contributed by atoms with Gasteiger partial charge >= 0.3 is 6.09 Å². The van der Waals surface area contributed by atoms with E-state index >= 15 is 0 Å². The number of amides is 1. The van der Waals surface area contributed by atoms with Gasteiger partial charge in [-0.15, -0.1) is 0 Å². The molecule has 5 nitrogen and oxygen atoms in total. The van der Waals surface area contributed by atoms with Crippen molar-refractivity contribution in [2.75, 3.05) is 20.2 Å². The fourth-order valence-corrected chi connectivity index (χ4v) is 3.98. The van der Waals surface area contributed by atoms with Crippen LogP contribution in [0.3, 0.4) is 0 Å². The molecule has 2 aromatic rings. The van der Waals surface area contributed by atoms with Crippen LogP contribution in [0.5, 0.6) is 0 Å². The van der Waals surface area contributed by atoms with Crippen molar-refractivity contribution in [1.82, 2.24) is 4.90 Å². The van der Waals surface area contributed by atoms with E-state index < -0.39 is 17.3 Å². The van der Waals surface area contributed by atoms with Crippen LogP contribution in [0.4, 0.5) is 4.79 Å². The maximum Gasteiger partial charge on any atom is 0.409 e. The predicted molar refractivity (Wildman–Crippen MR) is 118 cm³/mol. The predicted octanol–water partition coefficient (Wildman–Crippen LogP) is 4.50. The zero-order chi connectivity index (χ0) is 21.5. The standard InChI is InChI=1S/C23H30BrNO4/c1-22(2,27)17-23(28,19-10-5-4-6-11-19)14-16-25(21(26)29-3)15-13-18-9-7-8-12-20(18)24/h4-12,27-28H,13-17H2,1-3H3. The van der Waals surface area contributed by atoms with E-state index in [2.05, 4.69) is 15.9 Å². The van der Waals surface area contributed by atoms with Crippen molar-refractivity contribution >= 4 is 22.0 Å². The molecule has 0 saturated heterocycles. The van der Waals surface area contributed by atoms with Crippen molar-refractivity contribution < 1.29 is 19.7 Å². The lowest BCUT2D eigenvalue weighted by Crippen LogP contribution is -2.41. The summed E-state index contributed by atoms with van der Waals surface area (Å²) in [5.41, 5.74) is -0.511. The Balaban J connectivity index is 2.15. The Labute approximate surface area is 181 Å². The summed E-state index contributed by atoms with van der Waals surface area (Å²) in [6, 6.07) is 17.2. The zero-order valence-electron chi connectivity index (χ0n) is 17.3. The molecule has 1 unspecified atom stereocenters. The van der Waals surface area contributed by atoms with E-state index in [1.165, 1.54) is 7.11 Å². The molecule has 2 N–H and O–H groups in total. The second-order valence-electron chi connectivity index (χ2n) is 7.94. The third-order valence-electron chi connectivity index (χ3n) is 4.87. The summed E-state index contributed by atoms with van der Waals surface area (Å²) in [4.78, 5) is 13.9. The van der Waals surface area contributed by atoms with Crippen LogP contribution in [-0.4, -0.2) is 47.0 Å². The third kappa shape index (κ3) is 7.14. The number of carbonyl (C=O) groups is 1. The maximum absolute atomic E-state index is 12.3. The number of carbonyl (C=O) groups excluding carboxylic acids is 1. The minimum absolute atomic E-state index is 0.156. The molecule has 6 heteroatoms. The average molecular weight is 464 g/mol. The van der Waals surface area contributed by atoms with E-state index in [0.29, 0.717) is 19.5 Å². The van der Waals surface area contributed by atoms with E-state index in [1.54, 1.807) is 18.7 Å². The minimum Gasteiger partial charge on any atom is -0.453 e. The van der Waals surface area contributed by atoms with Gasteiger partial charge < -0.3 is 19.8 Å². The highest BCUT2D eigenvalue weighted by Crippen LogP contribution is 2.34. The van der Waals surface area contributed by atoms with E-state index in [9.17, 15) is 15.0 Å². The molecular weight excluding hydrogens is 434 g/mol. The van der Waals surface area contributed by atoms with Gasteiger partial charge in [-0.1, -0.05) is 64.5 Å². The molecule has 0 aliphatic carbocycles. The van der Waals surface area contributed by atoms with Gasteiger partial charge in [0.25, 0.3) is 0 Å². The summed E-state index contributed by atoms with van der Waals surface area (Å²) in [6.45, 7) is 4.11. The monoisotopic (exact) mass is 463 g/mol. The topological polar surface area (TPSA) is 70.0 Å². The molecule has 0 spiro atoms. The first-order valence-electron chi connectivity index (χ1n) is 9.71. The summed E-state index contributed by atoms with van der Waals surface area (Å²) in [7, 11) is 1.36. The summed E-state index contributed by atoms with van der Waals surface area (Å²) < 4.78 is 5.94. The lowest BCUT2D eigenvalue weighted by molar-refractivity contribution is -0.0590. The molecule has 0 bridgehead atoms. The van der Waals surface area contributed by atoms with Crippen molar-refractivity contribution in [2.24, 2.45) is 0 Å². The van der Waals surface area contributed by atoms with Gasteiger partial charge in [-0.2, -0.15) is 0 Å². The number of rotatable bonds is 9. The Kier molecular flexibility index (Phi) is 8.25. The molecule has 1 atom stereocenters. The number of ether oxygens (including phenoxy) is 1. The van der Waals surface area contributed by atoms with Crippen molar-refractivity contribution in [3.63, 3.8) is 0 Å². The van der Waals surface area contributed by atoms with Crippen LogP contribution in [0.15, 0.2) is 59.1 Å². The maximum atomic E-state index is 12.3. The number of aliphatic hydroxyl groups is 2. The van der Waals surface area contributed by atoms with Crippen molar-refractivity contribution in [1.29, 1.82) is 0 Å². The Bertz CT molecular complexity index is 791. The molecule has 29 heavy (non-hydrogen) atoms. The Morgan fingerprint density at radius 3 is 2.24 bits per heavy atom. The Hall–Kier alpha value is -1.89. The lowest BCUT2D eigenvalue weighted by atomic mass is 9.81. The molecule has 158 valence electrons. The second-order valence-corrected chi connectivity index (χ2v) is 8.79. The van der Waals surface area contributed by atoms with Crippen LogP contribution >= 0.6 is 15.9 Å². The number of benzene rings is 2. The first-order chi connectivity index (χ1) is 13.6. The largest absolute Gasteiger partial charge is 0.453 e. The van der Waals surface area contributed by atoms with Gasteiger partial charge in [0.2, 0.25) is 0 Å². The normalized spacial score (nSPS) is 13.6. The molecule has 2 rings (SSSR count). The average Bonchev–Trinajstić information content (AvgIpc) is 2.68. The SMILES string of the molecule is COC(=O)N(CCc1ccccc1Br)CCC(O)(CC(C)(C)O)c1ccccc1. The number of halogens is 1. The molecular formula is C23H30BrNO4. The lowest BCUT2D eigenvalue weighted by Gasteiger charge is -2.35. The van der Waals surface area contributed by atoms with Gasteiger partial charge in [0, 0.05) is 24.0 Å². The van der Waals surface area contributed by atoms with Gasteiger partial charge in [0.05, 0.1) is 18.3 Å². The number of nitrogens with zero attached hydrogens (tertiary/aromatic N) is 1. The van der Waals surface area contributed by atoms with Crippen molar-refractivity contribution in [3.8, 4) is 0 Å². The van der Waals surface area contributed by atoms with Crippen molar-refractivity contribution in [2.45, 2.75) is 44.3 Å². The van der Waals surface area contributed by atoms with Gasteiger partial charge in [0.1, 0.15) is 0 Å². The Morgan fingerprint density at radius 1 is 1.03 bits per heavy atom. The fraction of sp³-hybridized carbons (Fsp3) is 0.435. The van der Waals surface area contributed by atoms with Crippen LogP contribution in [0, 0.1) is 0 Å². The summed E-state index contributed by atoms with van der Waals surface area (Å²) >= 11 is 3.53. The van der Waals surface area contributed by atoms with E-state index in [1.807, 2.05) is 54.6 Å². The van der Waals surface area contributed by atoms with E-state index in [-0.39, 0.29) is 12.8 Å². The molecule has 1 amide bonds. The highest BCUT2D eigenvalue weighted by atomic mass is 79.9. The van der Waals surface area contributed by atoms with Crippen molar-refractivity contribution in [3.05, 3.63) is 70.2 Å². The molecule has 0 aromatic heterocycles. The van der Waals surface area contributed by atoms with Gasteiger partial charge in [-0.3, -0.25) is 0 Å². The third-order valence-corrected chi connectivity index (χ3v) is 5.65. The molecule has 0 aliphatic rings. The van der Waals surface area contributed by atoms with Crippen LogP contribution in [0.25, 0.3) is 0 Å². The van der Waals surface area contributed by atoms with Gasteiger partial charge in [0.15, 0.2) is 0 Å². The Morgan fingerprint density at radius 2 is 1.66 bits per heavy atom. The van der Waals surface area contributed by atoms with E-state index in [0.717, 1.165) is 15.6 Å². The quantitative estimate of drug-likeness (QED) is 0.574. The van der Waals surface area contributed by atoms with E-state index in [4.69, 9.17) is 4.74 Å². The smallest absolute Gasteiger partial charge is 0.409 e. The van der Waals surface area contributed by atoms with Crippen LogP contribution in [-0.2, 0) is 16.8 Å². The number of hydrogen-bond donors (Lipinski definition) is 2. The molecule has 0 saturated carbocycles. The highest BCUT2D eigenvalue weighted by Gasteiger charge is 2.36. The molecule has 2 aromatic carbocycles. The summed E-state index contributed by atoms with van der Waals surface area (Å²) in [6.07, 6.45) is 0.664. The molecule has 0 aliphatic heterocycles. The van der Waals surface area contributed by atoms with Crippen LogP contribution in [0.2, 0.25) is 0 Å².